The van der Waals surface area contributed by atoms with Gasteiger partial charge in [0, 0.05) is 19.2 Å². The number of rotatable bonds is 5. The van der Waals surface area contributed by atoms with Crippen molar-refractivity contribution in [2.45, 2.75) is 12.5 Å². The van der Waals surface area contributed by atoms with E-state index in [1.807, 2.05) is 36.4 Å². The first kappa shape index (κ1) is 14.5. The number of methoxy groups -OCH3 is 1. The predicted octanol–water partition coefficient (Wildman–Crippen LogP) is 1.97. The molecule has 0 bridgehead atoms. The Balaban J connectivity index is 2.08. The summed E-state index contributed by atoms with van der Waals surface area (Å²) < 4.78 is 4.90. The molecule has 0 saturated heterocycles. The molecule has 2 aromatic carbocycles. The van der Waals surface area contributed by atoms with Crippen LogP contribution in [0.1, 0.15) is 17.3 Å². The van der Waals surface area contributed by atoms with Gasteiger partial charge in [-0.1, -0.05) is 30.3 Å². The van der Waals surface area contributed by atoms with Gasteiger partial charge in [0.25, 0.3) is 5.91 Å². The molecule has 1 unspecified atom stereocenters. The molecule has 0 aliphatic heterocycles. The van der Waals surface area contributed by atoms with E-state index in [-0.39, 0.29) is 19.1 Å². The van der Waals surface area contributed by atoms with Crippen LogP contribution < -0.4 is 5.32 Å². The Hall–Kier alpha value is -1.91. The molecule has 0 radical (unpaired) electrons. The molecule has 1 atom stereocenters. The van der Waals surface area contributed by atoms with Gasteiger partial charge < -0.3 is 15.2 Å². The van der Waals surface area contributed by atoms with Gasteiger partial charge in [-0.05, 0) is 29.8 Å². The molecule has 20 heavy (non-hydrogen) atoms. The summed E-state index contributed by atoms with van der Waals surface area (Å²) in [6.07, 6.45) is 0. The smallest absolute Gasteiger partial charge is 0.251 e. The van der Waals surface area contributed by atoms with Crippen molar-refractivity contribution in [3.8, 4) is 0 Å². The van der Waals surface area contributed by atoms with Crippen molar-refractivity contribution in [3.63, 3.8) is 0 Å². The van der Waals surface area contributed by atoms with Crippen LogP contribution in [0.25, 0.3) is 10.8 Å². The van der Waals surface area contributed by atoms with Crippen LogP contribution in [-0.2, 0) is 4.74 Å². The lowest BCUT2D eigenvalue weighted by Gasteiger charge is -2.22. The number of hydrogen-bond acceptors (Lipinski definition) is 3. The molecule has 2 rings (SSSR count). The molecule has 106 valence electrons. The minimum absolute atomic E-state index is 0.145. The van der Waals surface area contributed by atoms with Gasteiger partial charge in [0.05, 0.1) is 6.61 Å². The third-order valence-corrected chi connectivity index (χ3v) is 3.10. The Morgan fingerprint density at radius 1 is 1.25 bits per heavy atom. The Morgan fingerprint density at radius 3 is 2.65 bits per heavy atom. The monoisotopic (exact) mass is 273 g/mol. The van der Waals surface area contributed by atoms with E-state index < -0.39 is 5.60 Å². The molecule has 2 aromatic rings. The van der Waals surface area contributed by atoms with E-state index in [1.165, 1.54) is 7.11 Å². The second-order valence-electron chi connectivity index (χ2n) is 5.17. The zero-order chi connectivity index (χ0) is 14.6. The highest BCUT2D eigenvalue weighted by Gasteiger charge is 2.21. The molecule has 4 heteroatoms. The first-order chi connectivity index (χ1) is 9.52. The molecule has 0 heterocycles. The number of aliphatic hydroxyl groups is 1. The summed E-state index contributed by atoms with van der Waals surface area (Å²) in [4.78, 5) is 12.1. The van der Waals surface area contributed by atoms with Gasteiger partial charge in [-0.2, -0.15) is 0 Å². The van der Waals surface area contributed by atoms with Crippen LogP contribution in [0, 0.1) is 0 Å². The zero-order valence-electron chi connectivity index (χ0n) is 11.7. The molecular formula is C16H19NO3. The van der Waals surface area contributed by atoms with Crippen molar-refractivity contribution in [2.75, 3.05) is 20.3 Å². The standard InChI is InChI=1S/C16H19NO3/c1-16(19,11-20-2)10-17-15(18)14-8-7-12-5-3-4-6-13(12)9-14/h3-9,19H,10-11H2,1-2H3,(H,17,18). The topological polar surface area (TPSA) is 58.6 Å². The molecule has 0 aliphatic carbocycles. The minimum atomic E-state index is -1.07. The van der Waals surface area contributed by atoms with Gasteiger partial charge in [-0.15, -0.1) is 0 Å². The number of carbonyl (C=O) groups is 1. The quantitative estimate of drug-likeness (QED) is 0.875. The fraction of sp³-hybridized carbons (Fsp3) is 0.312. The van der Waals surface area contributed by atoms with Crippen LogP contribution in [0.15, 0.2) is 42.5 Å². The normalized spacial score (nSPS) is 13.9. The van der Waals surface area contributed by atoms with Gasteiger partial charge in [0.1, 0.15) is 5.60 Å². The fourth-order valence-electron chi connectivity index (χ4n) is 2.07. The van der Waals surface area contributed by atoms with Gasteiger partial charge in [-0.3, -0.25) is 4.79 Å². The van der Waals surface area contributed by atoms with Crippen molar-refractivity contribution in [2.24, 2.45) is 0 Å². The molecular weight excluding hydrogens is 254 g/mol. The molecule has 1 amide bonds. The van der Waals surface area contributed by atoms with E-state index >= 15 is 0 Å². The lowest BCUT2D eigenvalue weighted by Crippen LogP contribution is -2.43. The second kappa shape index (κ2) is 6.03. The average molecular weight is 273 g/mol. The first-order valence-electron chi connectivity index (χ1n) is 6.50. The summed E-state index contributed by atoms with van der Waals surface area (Å²) in [5.41, 5.74) is -0.488. The summed E-state index contributed by atoms with van der Waals surface area (Å²) in [5, 5.41) is 14.8. The van der Waals surface area contributed by atoms with Crippen LogP contribution in [0.5, 0.6) is 0 Å². The fourth-order valence-corrected chi connectivity index (χ4v) is 2.07. The van der Waals surface area contributed by atoms with E-state index in [1.54, 1.807) is 13.0 Å². The second-order valence-corrected chi connectivity index (χ2v) is 5.17. The molecule has 4 nitrogen and oxygen atoms in total. The third-order valence-electron chi connectivity index (χ3n) is 3.10. The average Bonchev–Trinajstić information content (AvgIpc) is 2.44. The van der Waals surface area contributed by atoms with Crippen molar-refractivity contribution >= 4 is 16.7 Å². The van der Waals surface area contributed by atoms with E-state index in [0.717, 1.165) is 10.8 Å². The largest absolute Gasteiger partial charge is 0.386 e. The number of ether oxygens (including phenoxy) is 1. The molecule has 0 aliphatic rings. The van der Waals surface area contributed by atoms with Crippen LogP contribution in [0.4, 0.5) is 0 Å². The molecule has 0 fully saturated rings. The van der Waals surface area contributed by atoms with E-state index in [2.05, 4.69) is 5.32 Å². The maximum atomic E-state index is 12.1. The highest BCUT2D eigenvalue weighted by Crippen LogP contribution is 2.15. The van der Waals surface area contributed by atoms with E-state index in [0.29, 0.717) is 5.56 Å². The number of nitrogens with one attached hydrogen (secondary N) is 1. The lowest BCUT2D eigenvalue weighted by atomic mass is 10.1. The number of benzene rings is 2. The van der Waals surface area contributed by atoms with Gasteiger partial charge in [0.15, 0.2) is 0 Å². The number of carbonyl (C=O) groups excluding carboxylic acids is 1. The SMILES string of the molecule is COCC(C)(O)CNC(=O)c1ccc2ccccc2c1. The molecule has 0 spiro atoms. The van der Waals surface area contributed by atoms with Crippen LogP contribution in [0.2, 0.25) is 0 Å². The van der Waals surface area contributed by atoms with E-state index in [9.17, 15) is 9.90 Å². The summed E-state index contributed by atoms with van der Waals surface area (Å²) in [7, 11) is 1.51. The van der Waals surface area contributed by atoms with Crippen molar-refractivity contribution in [1.82, 2.24) is 5.32 Å². The molecule has 0 aromatic heterocycles. The highest BCUT2D eigenvalue weighted by molar-refractivity contribution is 5.98. The van der Waals surface area contributed by atoms with Gasteiger partial charge in [-0.25, -0.2) is 0 Å². The summed E-state index contributed by atoms with van der Waals surface area (Å²) in [6.45, 7) is 1.94. The summed E-state index contributed by atoms with van der Waals surface area (Å²) in [5.74, 6) is -0.202. The maximum Gasteiger partial charge on any atom is 0.251 e. The van der Waals surface area contributed by atoms with E-state index in [4.69, 9.17) is 4.74 Å². The summed E-state index contributed by atoms with van der Waals surface area (Å²) in [6, 6.07) is 13.4. The highest BCUT2D eigenvalue weighted by atomic mass is 16.5. The Labute approximate surface area is 118 Å². The number of hydrogen-bond donors (Lipinski definition) is 2. The van der Waals surface area contributed by atoms with Gasteiger partial charge >= 0.3 is 0 Å². The van der Waals surface area contributed by atoms with Crippen molar-refractivity contribution in [1.29, 1.82) is 0 Å². The van der Waals surface area contributed by atoms with Crippen LogP contribution >= 0.6 is 0 Å². The maximum absolute atomic E-state index is 12.1. The first-order valence-corrected chi connectivity index (χ1v) is 6.50. The van der Waals surface area contributed by atoms with Crippen LogP contribution in [0.3, 0.4) is 0 Å². The molecule has 0 saturated carbocycles. The molecule has 2 N–H and O–H groups in total. The Kier molecular flexibility index (Phi) is 4.37. The minimum Gasteiger partial charge on any atom is -0.386 e. The Bertz CT molecular complexity index is 607. The van der Waals surface area contributed by atoms with Crippen molar-refractivity contribution in [3.05, 3.63) is 48.0 Å². The third kappa shape index (κ3) is 3.56. The van der Waals surface area contributed by atoms with Crippen molar-refractivity contribution < 1.29 is 14.6 Å². The number of amides is 1. The predicted molar refractivity (Wildman–Crippen MR) is 78.8 cm³/mol. The van der Waals surface area contributed by atoms with Gasteiger partial charge in [0.2, 0.25) is 0 Å². The lowest BCUT2D eigenvalue weighted by molar-refractivity contribution is -0.0147. The Morgan fingerprint density at radius 2 is 1.95 bits per heavy atom. The summed E-state index contributed by atoms with van der Waals surface area (Å²) >= 11 is 0. The number of fused-ring (bicyclic) bond motifs is 1. The van der Waals surface area contributed by atoms with Crippen LogP contribution in [-0.4, -0.2) is 36.9 Å². The zero-order valence-corrected chi connectivity index (χ0v) is 11.7.